The van der Waals surface area contributed by atoms with Crippen LogP contribution in [0, 0.1) is 0 Å². The van der Waals surface area contributed by atoms with E-state index in [0.717, 1.165) is 42.5 Å². The number of alkyl halides is 2. The summed E-state index contributed by atoms with van der Waals surface area (Å²) in [4.78, 5) is 50.5. The number of nitrogens with one attached hydrogen (secondary N) is 2. The van der Waals surface area contributed by atoms with E-state index in [0.29, 0.717) is 4.90 Å². The molecule has 0 aliphatic carbocycles. The van der Waals surface area contributed by atoms with Crippen molar-refractivity contribution in [1.29, 1.82) is 0 Å². The molecule has 0 saturated carbocycles. The summed E-state index contributed by atoms with van der Waals surface area (Å²) in [6.45, 7) is -2.46. The molecule has 4 atom stereocenters. The van der Waals surface area contributed by atoms with Crippen LogP contribution in [-0.4, -0.2) is 34.5 Å². The zero-order chi connectivity index (χ0) is 28.3. The Kier molecular flexibility index (Phi) is 4.02. The van der Waals surface area contributed by atoms with Gasteiger partial charge in [0.1, 0.15) is 6.02 Å². The third-order valence-electron chi connectivity index (χ3n) is 4.85. The minimum atomic E-state index is -4.15. The van der Waals surface area contributed by atoms with Crippen LogP contribution in [-0.2, 0) is 33.4 Å². The van der Waals surface area contributed by atoms with Crippen LogP contribution in [0.15, 0.2) is 42.5 Å². The molecule has 166 valence electrons. The monoisotopic (exact) mass is 467 g/mol. The molecule has 3 unspecified atom stereocenters. The molecule has 2 aliphatic rings. The van der Waals surface area contributed by atoms with Gasteiger partial charge in [-0.05, 0) is 35.7 Å². The average molecular weight is 468 g/mol. The van der Waals surface area contributed by atoms with Crippen LogP contribution in [0.4, 0.5) is 8.78 Å². The lowest BCUT2D eigenvalue weighted by molar-refractivity contribution is -0.147. The molecule has 1 saturated heterocycles. The van der Waals surface area contributed by atoms with Crippen LogP contribution in [0.25, 0.3) is 0 Å². The van der Waals surface area contributed by atoms with Crippen LogP contribution >= 0.6 is 11.6 Å². The predicted molar refractivity (Wildman–Crippen MR) is 110 cm³/mol. The lowest BCUT2D eigenvalue weighted by Crippen LogP contribution is -2.52. The Morgan fingerprint density at radius 2 is 2.06 bits per heavy atom. The summed E-state index contributed by atoms with van der Waals surface area (Å²) >= 11 is 5.68. The predicted octanol–water partition coefficient (Wildman–Crippen LogP) is 2.51. The Bertz CT molecular complexity index is 1350. The lowest BCUT2D eigenvalue weighted by Gasteiger charge is -2.29. The SMILES string of the molecule is [2H]C1C(=O)N([2H])C(=O)[C@@]([2H])(N2Cc3cc(C([2H])N([2H])C(=O)C(F)(F)c4ccc(Cl)cc4)ccc3C2=O)C1[2H]. The molecular formula is C22H18ClF2N3O4. The second-order valence-corrected chi connectivity index (χ2v) is 7.36. The lowest BCUT2D eigenvalue weighted by atomic mass is 10.0. The first-order valence-corrected chi connectivity index (χ1v) is 9.57. The number of hydrogen-bond donors (Lipinski definition) is 2. The first-order valence-electron chi connectivity index (χ1n) is 12.3. The maximum absolute atomic E-state index is 14.7. The average Bonchev–Trinajstić information content (AvgIpc) is 3.24. The van der Waals surface area contributed by atoms with E-state index in [9.17, 15) is 28.0 Å². The van der Waals surface area contributed by atoms with Crippen molar-refractivity contribution in [3.8, 4) is 0 Å². The van der Waals surface area contributed by atoms with Crippen molar-refractivity contribution in [2.24, 2.45) is 0 Å². The van der Waals surface area contributed by atoms with Crippen LogP contribution in [0.1, 0.15) is 45.3 Å². The number of benzene rings is 2. The van der Waals surface area contributed by atoms with Gasteiger partial charge >= 0.3 is 5.92 Å². The summed E-state index contributed by atoms with van der Waals surface area (Å²) in [5, 5.41) is -0.293. The van der Waals surface area contributed by atoms with Gasteiger partial charge in [0.15, 0.2) is 2.82 Å². The third kappa shape index (κ3) is 4.08. The standard InChI is InChI=1S/C22H18ClF2N3O4/c23-15-4-2-14(3-5-15)22(24,25)21(32)26-10-12-1-6-16-13(9-12)11-28(20(16)31)17-7-8-18(29)27-19(17)30/h1-6,9,17H,7-8,10-11H2,(H,26,32)(H,27,29,30)/t17-/m0/s1/i7D,8D,10D,17D/hD2/t7?,8?,10?,17-. The van der Waals surface area contributed by atoms with E-state index in [4.69, 9.17) is 19.9 Å². The minimum Gasteiger partial charge on any atom is -0.346 e. The van der Waals surface area contributed by atoms with Crippen LogP contribution in [0.5, 0.6) is 0 Å². The third-order valence-corrected chi connectivity index (χ3v) is 5.10. The molecule has 0 spiro atoms. The van der Waals surface area contributed by atoms with Crippen molar-refractivity contribution in [3.63, 3.8) is 0 Å². The molecule has 10 heteroatoms. The molecule has 1 fully saturated rings. The van der Waals surface area contributed by atoms with E-state index in [1.54, 1.807) is 0 Å². The molecule has 4 rings (SSSR count). The number of halogens is 3. The number of piperidine rings is 1. The molecule has 0 bridgehead atoms. The molecule has 0 aromatic heterocycles. The second-order valence-electron chi connectivity index (χ2n) is 6.93. The first kappa shape index (κ1) is 15.5. The topological polar surface area (TPSA) is 95.6 Å². The summed E-state index contributed by atoms with van der Waals surface area (Å²) in [7, 11) is 0. The number of imide groups is 1. The number of carbonyl (C=O) groups excluding carboxylic acids is 4. The Morgan fingerprint density at radius 1 is 1.34 bits per heavy atom. The van der Waals surface area contributed by atoms with Crippen molar-refractivity contribution < 1.29 is 36.3 Å². The summed E-state index contributed by atoms with van der Waals surface area (Å²) < 4.78 is 77.6. The molecule has 2 aliphatic heterocycles. The van der Waals surface area contributed by atoms with E-state index in [-0.39, 0.29) is 32.3 Å². The molecule has 7 nitrogen and oxygen atoms in total. The van der Waals surface area contributed by atoms with Crippen molar-refractivity contribution in [2.45, 2.75) is 37.8 Å². The quantitative estimate of drug-likeness (QED) is 0.660. The van der Waals surface area contributed by atoms with E-state index < -0.39 is 67.0 Å². The number of hydrogen-bond acceptors (Lipinski definition) is 4. The molecule has 32 heavy (non-hydrogen) atoms. The molecule has 2 aromatic carbocycles. The van der Waals surface area contributed by atoms with Crippen LogP contribution < -0.4 is 10.6 Å². The van der Waals surface area contributed by atoms with E-state index in [2.05, 4.69) is 0 Å². The van der Waals surface area contributed by atoms with Crippen molar-refractivity contribution >= 4 is 35.2 Å². The second kappa shape index (κ2) is 8.31. The van der Waals surface area contributed by atoms with E-state index >= 15 is 0 Å². The van der Waals surface area contributed by atoms with Crippen molar-refractivity contribution in [1.82, 2.24) is 15.5 Å². The molecular weight excluding hydrogens is 444 g/mol. The fraction of sp³-hybridized carbons (Fsp3) is 0.273. The number of rotatable bonds is 5. The Labute approximate surface area is 195 Å². The van der Waals surface area contributed by atoms with Crippen LogP contribution in [0.2, 0.25) is 7.85 Å². The van der Waals surface area contributed by atoms with Gasteiger partial charge in [0, 0.05) is 38.4 Å². The fourth-order valence-electron chi connectivity index (χ4n) is 3.23. The number of carbonyl (C=O) groups is 4. The Balaban J connectivity index is 1.60. The summed E-state index contributed by atoms with van der Waals surface area (Å²) in [6, 6.07) is 4.79. The summed E-state index contributed by atoms with van der Waals surface area (Å²) in [5.74, 6) is -9.86. The zero-order valence-corrected chi connectivity index (χ0v) is 16.8. The number of nitrogens with zero attached hydrogens (tertiary/aromatic N) is 1. The smallest absolute Gasteiger partial charge is 0.346 e. The largest absolute Gasteiger partial charge is 0.349 e. The molecule has 4 amide bonds. The molecule has 2 heterocycles. The summed E-state index contributed by atoms with van der Waals surface area (Å²) in [5.41, 5.74) is -0.849. The zero-order valence-electron chi connectivity index (χ0n) is 22.1. The van der Waals surface area contributed by atoms with Gasteiger partial charge in [-0.3, -0.25) is 24.5 Å². The van der Waals surface area contributed by atoms with Gasteiger partial charge in [0.25, 0.3) is 11.8 Å². The first-order chi connectivity index (χ1) is 17.6. The normalized spacial score (nSPS) is 29.3. The van der Waals surface area contributed by atoms with Gasteiger partial charge in [0.05, 0.1) is 2.74 Å². The number of fused-ring (bicyclic) bond motifs is 1. The van der Waals surface area contributed by atoms with Crippen molar-refractivity contribution in [2.75, 3.05) is 0 Å². The maximum atomic E-state index is 14.7. The van der Waals surface area contributed by atoms with Gasteiger partial charge in [-0.2, -0.15) is 8.78 Å². The maximum Gasteiger partial charge on any atom is 0.349 e. The highest BCUT2D eigenvalue weighted by Gasteiger charge is 2.41. The molecule has 2 aromatic rings. The van der Waals surface area contributed by atoms with Gasteiger partial charge in [-0.25, -0.2) is 0 Å². The van der Waals surface area contributed by atoms with Gasteiger partial charge in [0.2, 0.25) is 11.8 Å². The van der Waals surface area contributed by atoms with E-state index in [1.165, 1.54) is 0 Å². The Hall–Kier alpha value is -3.33. The van der Waals surface area contributed by atoms with E-state index in [1.807, 2.05) is 0 Å². The molecule has 0 radical (unpaired) electrons. The fourth-order valence-corrected chi connectivity index (χ4v) is 3.36. The Morgan fingerprint density at radius 3 is 2.78 bits per heavy atom. The van der Waals surface area contributed by atoms with Gasteiger partial charge in [-0.1, -0.05) is 35.9 Å². The summed E-state index contributed by atoms with van der Waals surface area (Å²) in [6.07, 6.45) is -4.00. The van der Waals surface area contributed by atoms with Crippen molar-refractivity contribution in [3.05, 3.63) is 69.7 Å². The van der Waals surface area contributed by atoms with Gasteiger partial charge < -0.3 is 10.2 Å². The highest BCUT2D eigenvalue weighted by molar-refractivity contribution is 6.30. The number of amides is 4. The highest BCUT2D eigenvalue weighted by atomic mass is 35.5. The van der Waals surface area contributed by atoms with Gasteiger partial charge in [-0.15, -0.1) is 0 Å². The molecule has 2 N–H and O–H groups in total. The highest BCUT2D eigenvalue weighted by Crippen LogP contribution is 2.30. The van der Waals surface area contributed by atoms with Crippen LogP contribution in [0.3, 0.4) is 0 Å². The minimum absolute atomic E-state index is 0.0723.